The molecule has 7 heteroatoms. The first-order valence-corrected chi connectivity index (χ1v) is 6.80. The lowest BCUT2D eigenvalue weighted by Gasteiger charge is -2.18. The first-order valence-electron chi connectivity index (χ1n) is 5.57. The van der Waals surface area contributed by atoms with Crippen molar-refractivity contribution in [3.8, 4) is 11.5 Å². The van der Waals surface area contributed by atoms with Gasteiger partial charge < -0.3 is 9.47 Å². The number of hydrogen-bond acceptors (Lipinski definition) is 6. The van der Waals surface area contributed by atoms with Crippen LogP contribution >= 0.6 is 24.0 Å². The van der Waals surface area contributed by atoms with Crippen LogP contribution in [-0.4, -0.2) is 28.5 Å². The Kier molecular flexibility index (Phi) is 3.17. The molecule has 5 nitrogen and oxygen atoms in total. The number of amides is 1. The summed E-state index contributed by atoms with van der Waals surface area (Å²) in [5.74, 6) is 6.63. The molecular formula is C12H10N2O3S2. The smallest absolute Gasteiger partial charge is 0.280 e. The summed E-state index contributed by atoms with van der Waals surface area (Å²) in [5.41, 5.74) is 0.846. The van der Waals surface area contributed by atoms with Crippen molar-refractivity contribution >= 4 is 40.3 Å². The van der Waals surface area contributed by atoms with Gasteiger partial charge in [0.05, 0.1) is 4.91 Å². The topological polar surface area (TPSA) is 64.8 Å². The third-order valence-corrected chi connectivity index (χ3v) is 4.02. The second kappa shape index (κ2) is 4.84. The van der Waals surface area contributed by atoms with E-state index in [-0.39, 0.29) is 5.91 Å². The molecule has 0 saturated carbocycles. The number of rotatable bonds is 1. The average Bonchev–Trinajstić information content (AvgIpc) is 2.66. The summed E-state index contributed by atoms with van der Waals surface area (Å²) >= 11 is 6.15. The van der Waals surface area contributed by atoms with Crippen LogP contribution in [0.25, 0.3) is 6.08 Å². The van der Waals surface area contributed by atoms with Gasteiger partial charge in [-0.25, -0.2) is 10.9 Å². The zero-order valence-corrected chi connectivity index (χ0v) is 11.4. The molecule has 0 aliphatic carbocycles. The summed E-state index contributed by atoms with van der Waals surface area (Å²) in [6, 6.07) is 5.51. The van der Waals surface area contributed by atoms with E-state index in [1.54, 1.807) is 6.08 Å². The second-order valence-electron chi connectivity index (χ2n) is 3.95. The molecule has 1 aromatic carbocycles. The van der Waals surface area contributed by atoms with E-state index in [1.807, 2.05) is 18.2 Å². The molecule has 0 bridgehead atoms. The zero-order chi connectivity index (χ0) is 13.4. The van der Waals surface area contributed by atoms with Gasteiger partial charge in [-0.15, -0.1) is 0 Å². The van der Waals surface area contributed by atoms with E-state index in [0.717, 1.165) is 16.3 Å². The van der Waals surface area contributed by atoms with Crippen molar-refractivity contribution in [2.75, 3.05) is 13.2 Å². The molecule has 0 atom stereocenters. The van der Waals surface area contributed by atoms with Gasteiger partial charge in [0.1, 0.15) is 13.2 Å². The van der Waals surface area contributed by atoms with E-state index in [1.165, 1.54) is 11.8 Å². The van der Waals surface area contributed by atoms with Crippen LogP contribution in [0.2, 0.25) is 0 Å². The van der Waals surface area contributed by atoms with Crippen LogP contribution in [0.4, 0.5) is 0 Å². The molecule has 1 aromatic rings. The van der Waals surface area contributed by atoms with Gasteiger partial charge in [0.2, 0.25) is 0 Å². The van der Waals surface area contributed by atoms with Crippen molar-refractivity contribution < 1.29 is 14.3 Å². The highest BCUT2D eigenvalue weighted by Gasteiger charge is 2.29. The Labute approximate surface area is 119 Å². The van der Waals surface area contributed by atoms with Crippen LogP contribution < -0.4 is 15.3 Å². The fraction of sp³-hybridized carbons (Fsp3) is 0.167. The van der Waals surface area contributed by atoms with Crippen LogP contribution in [0.5, 0.6) is 11.5 Å². The number of carbonyl (C=O) groups is 1. The van der Waals surface area contributed by atoms with Gasteiger partial charge >= 0.3 is 0 Å². The van der Waals surface area contributed by atoms with Gasteiger partial charge in [-0.3, -0.25) is 4.79 Å². The molecule has 19 heavy (non-hydrogen) atoms. The minimum absolute atomic E-state index is 0.287. The van der Waals surface area contributed by atoms with Crippen LogP contribution in [0.1, 0.15) is 5.56 Å². The predicted molar refractivity (Wildman–Crippen MR) is 76.6 cm³/mol. The average molecular weight is 294 g/mol. The lowest BCUT2D eigenvalue weighted by atomic mass is 10.2. The van der Waals surface area contributed by atoms with E-state index in [9.17, 15) is 4.79 Å². The molecule has 2 aliphatic heterocycles. The van der Waals surface area contributed by atoms with Gasteiger partial charge in [0, 0.05) is 0 Å². The minimum Gasteiger partial charge on any atom is -0.486 e. The SMILES string of the molecule is NN1C(=O)/C(=C/c2ccc3c(c2)OCCO3)SC1=S. The summed E-state index contributed by atoms with van der Waals surface area (Å²) in [4.78, 5) is 12.3. The Morgan fingerprint density at radius 1 is 1.32 bits per heavy atom. The van der Waals surface area contributed by atoms with Crippen LogP contribution in [0.3, 0.4) is 0 Å². The first-order chi connectivity index (χ1) is 9.15. The minimum atomic E-state index is -0.287. The number of nitrogens with two attached hydrogens (primary N) is 1. The normalized spacial score (nSPS) is 20.3. The number of ether oxygens (including phenoxy) is 2. The molecule has 0 unspecified atom stereocenters. The number of hydrazine groups is 1. The van der Waals surface area contributed by atoms with Crippen molar-refractivity contribution in [2.45, 2.75) is 0 Å². The van der Waals surface area contributed by atoms with Crippen LogP contribution in [-0.2, 0) is 4.79 Å². The number of thiocarbonyl (C=S) groups is 1. The first kappa shape index (κ1) is 12.5. The lowest BCUT2D eigenvalue weighted by molar-refractivity contribution is -0.122. The fourth-order valence-electron chi connectivity index (χ4n) is 1.78. The van der Waals surface area contributed by atoms with E-state index < -0.39 is 0 Å². The van der Waals surface area contributed by atoms with E-state index in [4.69, 9.17) is 27.5 Å². The van der Waals surface area contributed by atoms with Crippen molar-refractivity contribution in [2.24, 2.45) is 5.84 Å². The van der Waals surface area contributed by atoms with Gasteiger partial charge in [-0.2, -0.15) is 0 Å². The fourth-order valence-corrected chi connectivity index (χ4v) is 2.88. The Balaban J connectivity index is 1.91. The van der Waals surface area contributed by atoms with E-state index >= 15 is 0 Å². The third kappa shape index (κ3) is 2.32. The van der Waals surface area contributed by atoms with Crippen molar-refractivity contribution in [3.05, 3.63) is 28.7 Å². The Morgan fingerprint density at radius 2 is 2.05 bits per heavy atom. The maximum absolute atomic E-state index is 11.8. The molecular weight excluding hydrogens is 284 g/mol. The highest BCUT2D eigenvalue weighted by Crippen LogP contribution is 2.34. The van der Waals surface area contributed by atoms with Crippen LogP contribution in [0, 0.1) is 0 Å². The standard InChI is InChI=1S/C12H10N2O3S2/c13-14-11(15)10(19-12(14)18)6-7-1-2-8-9(5-7)17-4-3-16-8/h1-2,5-6H,3-4,13H2/b10-6-. The summed E-state index contributed by atoms with van der Waals surface area (Å²) in [7, 11) is 0. The highest BCUT2D eigenvalue weighted by atomic mass is 32.2. The molecule has 1 amide bonds. The summed E-state index contributed by atoms with van der Waals surface area (Å²) in [5, 5.41) is 0.976. The molecule has 1 saturated heterocycles. The van der Waals surface area contributed by atoms with Gasteiger partial charge in [0.25, 0.3) is 5.91 Å². The number of nitrogens with zero attached hydrogens (tertiary/aromatic N) is 1. The Hall–Kier alpha value is -1.57. The number of hydrogen-bond donors (Lipinski definition) is 1. The van der Waals surface area contributed by atoms with Gasteiger partial charge in [-0.1, -0.05) is 30.0 Å². The maximum atomic E-state index is 11.8. The molecule has 98 valence electrons. The van der Waals surface area contributed by atoms with Crippen molar-refractivity contribution in [1.82, 2.24) is 5.01 Å². The zero-order valence-electron chi connectivity index (χ0n) is 9.79. The van der Waals surface area contributed by atoms with E-state index in [0.29, 0.717) is 28.2 Å². The number of carbonyl (C=O) groups excluding carboxylic acids is 1. The monoisotopic (exact) mass is 294 g/mol. The summed E-state index contributed by atoms with van der Waals surface area (Å²) < 4.78 is 11.3. The summed E-state index contributed by atoms with van der Waals surface area (Å²) in [6.07, 6.45) is 1.74. The Morgan fingerprint density at radius 3 is 2.74 bits per heavy atom. The maximum Gasteiger partial charge on any atom is 0.280 e. The predicted octanol–water partition coefficient (Wildman–Crippen LogP) is 1.53. The third-order valence-electron chi connectivity index (χ3n) is 2.69. The van der Waals surface area contributed by atoms with Crippen LogP contribution in [0.15, 0.2) is 23.1 Å². The van der Waals surface area contributed by atoms with Crippen molar-refractivity contribution in [1.29, 1.82) is 0 Å². The largest absolute Gasteiger partial charge is 0.486 e. The summed E-state index contributed by atoms with van der Waals surface area (Å²) in [6.45, 7) is 1.08. The van der Waals surface area contributed by atoms with E-state index in [2.05, 4.69) is 0 Å². The molecule has 2 heterocycles. The second-order valence-corrected chi connectivity index (χ2v) is 5.63. The molecule has 1 fully saturated rings. The quantitative estimate of drug-likeness (QED) is 0.367. The number of thioether (sulfide) groups is 1. The molecule has 2 N–H and O–H groups in total. The Bertz CT molecular complexity index is 601. The molecule has 3 rings (SSSR count). The number of fused-ring (bicyclic) bond motifs is 1. The van der Waals surface area contributed by atoms with Gasteiger partial charge in [0.15, 0.2) is 15.8 Å². The van der Waals surface area contributed by atoms with Crippen molar-refractivity contribution in [3.63, 3.8) is 0 Å². The molecule has 2 aliphatic rings. The molecule has 0 spiro atoms. The highest BCUT2D eigenvalue weighted by molar-refractivity contribution is 8.26. The van der Waals surface area contributed by atoms with Gasteiger partial charge in [-0.05, 0) is 23.8 Å². The number of benzene rings is 1. The lowest BCUT2D eigenvalue weighted by Crippen LogP contribution is -2.34. The molecule has 0 radical (unpaired) electrons. The molecule has 0 aromatic heterocycles.